The number of carbonyl (C=O) groups is 1. The number of nitrogens with one attached hydrogen (secondary N) is 1. The second-order valence-electron chi connectivity index (χ2n) is 12.7. The molecule has 1 aliphatic heterocycles. The second-order valence-corrected chi connectivity index (χ2v) is 12.7. The van der Waals surface area contributed by atoms with E-state index in [4.69, 9.17) is 24.7 Å². The van der Waals surface area contributed by atoms with Crippen LogP contribution in [0.3, 0.4) is 0 Å². The van der Waals surface area contributed by atoms with Crippen LogP contribution in [0.15, 0.2) is 18.2 Å². The van der Waals surface area contributed by atoms with E-state index < -0.39 is 12.1 Å². The predicted molar refractivity (Wildman–Crippen MR) is 158 cm³/mol. The van der Waals surface area contributed by atoms with Crippen molar-refractivity contribution in [2.75, 3.05) is 34.0 Å². The summed E-state index contributed by atoms with van der Waals surface area (Å²) >= 11 is 0. The minimum Gasteiger partial charge on any atom is -0.493 e. The molecule has 40 heavy (non-hydrogen) atoms. The van der Waals surface area contributed by atoms with E-state index in [2.05, 4.69) is 25.2 Å². The molecule has 1 saturated heterocycles. The molecule has 1 aliphatic carbocycles. The molecule has 1 aromatic carbocycles. The minimum absolute atomic E-state index is 0.0376. The Morgan fingerprint density at radius 1 is 1.10 bits per heavy atom. The number of hydrogen-bond acceptors (Lipinski definition) is 7. The zero-order valence-corrected chi connectivity index (χ0v) is 25.6. The van der Waals surface area contributed by atoms with E-state index in [0.29, 0.717) is 37.7 Å². The van der Waals surface area contributed by atoms with Gasteiger partial charge < -0.3 is 35.1 Å². The lowest BCUT2D eigenvalue weighted by Crippen LogP contribution is -2.46. The van der Waals surface area contributed by atoms with Crippen LogP contribution >= 0.6 is 0 Å². The van der Waals surface area contributed by atoms with Crippen LogP contribution in [-0.2, 0) is 20.7 Å². The Balaban J connectivity index is 1.56. The van der Waals surface area contributed by atoms with Crippen LogP contribution in [0.25, 0.3) is 0 Å². The van der Waals surface area contributed by atoms with Crippen molar-refractivity contribution < 1.29 is 28.8 Å². The molecule has 2 aliphatic rings. The second kappa shape index (κ2) is 15.4. The van der Waals surface area contributed by atoms with Crippen LogP contribution in [0.4, 0.5) is 0 Å². The molecule has 4 N–H and O–H groups in total. The highest BCUT2D eigenvalue weighted by Crippen LogP contribution is 2.41. The maximum atomic E-state index is 13.2. The molecule has 0 bridgehead atoms. The average molecular weight is 563 g/mol. The summed E-state index contributed by atoms with van der Waals surface area (Å²) in [5.74, 6) is 1.96. The topological polar surface area (TPSA) is 116 Å². The Morgan fingerprint density at radius 2 is 1.80 bits per heavy atom. The number of amides is 1. The van der Waals surface area contributed by atoms with Gasteiger partial charge in [-0.25, -0.2) is 0 Å². The molecule has 8 nitrogen and oxygen atoms in total. The van der Waals surface area contributed by atoms with Crippen LogP contribution in [-0.4, -0.2) is 68.8 Å². The van der Waals surface area contributed by atoms with Gasteiger partial charge in [0, 0.05) is 38.1 Å². The molecule has 8 heteroatoms. The van der Waals surface area contributed by atoms with Gasteiger partial charge in [0.25, 0.3) is 0 Å². The van der Waals surface area contributed by atoms with Crippen molar-refractivity contribution in [1.29, 1.82) is 0 Å². The fourth-order valence-electron chi connectivity index (χ4n) is 5.85. The number of aliphatic hydroxyl groups excluding tert-OH is 1. The Bertz CT molecular complexity index is 909. The molecule has 1 saturated carbocycles. The van der Waals surface area contributed by atoms with Crippen molar-refractivity contribution in [1.82, 2.24) is 5.32 Å². The van der Waals surface area contributed by atoms with E-state index in [9.17, 15) is 9.90 Å². The summed E-state index contributed by atoms with van der Waals surface area (Å²) in [7, 11) is 3.33. The lowest BCUT2D eigenvalue weighted by Gasteiger charge is -2.32. The highest BCUT2D eigenvalue weighted by atomic mass is 16.6. The predicted octanol–water partition coefficient (Wildman–Crippen LogP) is 4.49. The van der Waals surface area contributed by atoms with Gasteiger partial charge in [-0.05, 0) is 80.4 Å². The van der Waals surface area contributed by atoms with Crippen LogP contribution in [0.1, 0.15) is 78.2 Å². The van der Waals surface area contributed by atoms with Gasteiger partial charge in [-0.2, -0.15) is 0 Å². The summed E-state index contributed by atoms with van der Waals surface area (Å²) in [6.45, 7) is 10.6. The summed E-state index contributed by atoms with van der Waals surface area (Å²) in [6.07, 6.45) is 5.87. The molecule has 228 valence electrons. The summed E-state index contributed by atoms with van der Waals surface area (Å²) in [5, 5.41) is 14.4. The fraction of sp³-hybridized carbons (Fsp3) is 0.781. The summed E-state index contributed by atoms with van der Waals surface area (Å²) in [6, 6.07) is 5.84. The molecule has 0 radical (unpaired) electrons. The van der Waals surface area contributed by atoms with Gasteiger partial charge in [-0.3, -0.25) is 4.79 Å². The monoisotopic (exact) mass is 562 g/mol. The smallest absolute Gasteiger partial charge is 0.223 e. The molecule has 2 fully saturated rings. The van der Waals surface area contributed by atoms with Crippen molar-refractivity contribution in [3.8, 4) is 11.5 Å². The molecule has 0 unspecified atom stereocenters. The van der Waals surface area contributed by atoms with Gasteiger partial charge in [0.1, 0.15) is 0 Å². The molecule has 3 rings (SSSR count). The lowest BCUT2D eigenvalue weighted by molar-refractivity contribution is -0.128. The number of hydrogen-bond donors (Lipinski definition) is 3. The van der Waals surface area contributed by atoms with E-state index in [1.807, 2.05) is 26.0 Å². The number of epoxide rings is 1. The maximum absolute atomic E-state index is 13.2. The van der Waals surface area contributed by atoms with Gasteiger partial charge >= 0.3 is 0 Å². The van der Waals surface area contributed by atoms with E-state index in [-0.39, 0.29) is 35.3 Å². The quantitative estimate of drug-likeness (QED) is 0.189. The molecule has 1 heterocycles. The van der Waals surface area contributed by atoms with Crippen molar-refractivity contribution in [2.24, 2.45) is 29.4 Å². The van der Waals surface area contributed by atoms with Crippen molar-refractivity contribution in [2.45, 2.75) is 103 Å². The minimum atomic E-state index is -0.746. The van der Waals surface area contributed by atoms with Gasteiger partial charge in [-0.15, -0.1) is 0 Å². The van der Waals surface area contributed by atoms with E-state index in [0.717, 1.165) is 56.4 Å². The van der Waals surface area contributed by atoms with Crippen LogP contribution in [0, 0.1) is 23.7 Å². The molecule has 4 atom stereocenters. The van der Waals surface area contributed by atoms with E-state index in [1.165, 1.54) is 0 Å². The van der Waals surface area contributed by atoms with Gasteiger partial charge in [0.2, 0.25) is 5.91 Å². The van der Waals surface area contributed by atoms with E-state index in [1.54, 1.807) is 14.2 Å². The summed E-state index contributed by atoms with van der Waals surface area (Å²) in [5.41, 5.74) is 7.85. The highest BCUT2D eigenvalue weighted by molar-refractivity contribution is 5.79. The van der Waals surface area contributed by atoms with Crippen LogP contribution in [0.2, 0.25) is 0 Å². The molecule has 0 aromatic heterocycles. The zero-order chi connectivity index (χ0) is 29.3. The Morgan fingerprint density at radius 3 is 2.38 bits per heavy atom. The third-order valence-electron chi connectivity index (χ3n) is 8.92. The highest BCUT2D eigenvalue weighted by Gasteiger charge is 2.47. The number of aliphatic hydroxyl groups is 1. The largest absolute Gasteiger partial charge is 0.493 e. The first-order valence-electron chi connectivity index (χ1n) is 15.2. The molecule has 1 spiro atoms. The van der Waals surface area contributed by atoms with Crippen molar-refractivity contribution in [3.63, 3.8) is 0 Å². The number of nitrogens with two attached hydrogens (primary N) is 1. The third-order valence-corrected chi connectivity index (χ3v) is 8.92. The van der Waals surface area contributed by atoms with Crippen molar-refractivity contribution in [3.05, 3.63) is 23.8 Å². The molecular formula is C32H54N2O6. The van der Waals surface area contributed by atoms with Crippen molar-refractivity contribution >= 4 is 5.91 Å². The summed E-state index contributed by atoms with van der Waals surface area (Å²) in [4.78, 5) is 13.2. The molecule has 1 aromatic rings. The number of methoxy groups -OCH3 is 2. The Hall–Kier alpha value is -1.87. The van der Waals surface area contributed by atoms with Gasteiger partial charge in [0.15, 0.2) is 11.5 Å². The molecule has 1 amide bonds. The van der Waals surface area contributed by atoms with Gasteiger partial charge in [0.05, 0.1) is 32.0 Å². The summed E-state index contributed by atoms with van der Waals surface area (Å²) < 4.78 is 22.2. The molecular weight excluding hydrogens is 508 g/mol. The normalized spacial score (nSPS) is 23.6. The van der Waals surface area contributed by atoms with Crippen LogP contribution in [0.5, 0.6) is 11.5 Å². The standard InChI is InChI=1S/C32H54N2O6/c1-21(2)24(16-23-8-9-29(38-6)30(17-23)39-15-7-14-37-5)18-27(33)28(35)19-26(22(3)4)31(36)34-25-10-12-32(13-11-25)20-40-32/h8-9,17,21-22,24-28,35H,7,10-16,18-20,33H2,1-6H3,(H,34,36)/t24-,25-,26-,27-,28-,32-/m0/s1. The lowest BCUT2D eigenvalue weighted by atomic mass is 9.80. The first kappa shape index (κ1) is 32.6. The first-order chi connectivity index (χ1) is 19.1. The zero-order valence-electron chi connectivity index (χ0n) is 25.6. The first-order valence-corrected chi connectivity index (χ1v) is 15.2. The number of carbonyl (C=O) groups excluding carboxylic acids is 1. The number of rotatable bonds is 17. The average Bonchev–Trinajstić information content (AvgIpc) is 3.69. The fourth-order valence-corrected chi connectivity index (χ4v) is 5.85. The third kappa shape index (κ3) is 9.61. The maximum Gasteiger partial charge on any atom is 0.223 e. The number of benzene rings is 1. The van der Waals surface area contributed by atoms with Crippen LogP contribution < -0.4 is 20.5 Å². The Kier molecular flexibility index (Phi) is 12.6. The SMILES string of the molecule is COCCCOc1cc(C[C@@H](C[C@H](N)[C@@H](O)C[C@H](C(=O)N[C@H]2CC[C@]3(CC2)CO3)C(C)C)C(C)C)ccc1OC. The van der Waals surface area contributed by atoms with E-state index >= 15 is 0 Å². The Labute approximate surface area is 241 Å². The van der Waals surface area contributed by atoms with Gasteiger partial charge in [-0.1, -0.05) is 33.8 Å². The number of ether oxygens (including phenoxy) is 4.